The van der Waals surface area contributed by atoms with Crippen molar-refractivity contribution >= 4 is 40.7 Å². The highest BCUT2D eigenvalue weighted by Gasteiger charge is 2.06. The Labute approximate surface area is 177 Å². The predicted octanol–water partition coefficient (Wildman–Crippen LogP) is 3.89. The Morgan fingerprint density at radius 3 is 2.21 bits per heavy atom. The Kier molecular flexibility index (Phi) is 9.34. The average molecular weight is 414 g/mol. The first-order valence-electron chi connectivity index (χ1n) is 8.36. The van der Waals surface area contributed by atoms with E-state index < -0.39 is 0 Å². The van der Waals surface area contributed by atoms with Gasteiger partial charge in [0, 0.05) is 42.5 Å². The first-order chi connectivity index (χ1) is 13.1. The largest absolute Gasteiger partial charge is 0.412 e. The van der Waals surface area contributed by atoms with E-state index in [1.54, 1.807) is 12.4 Å². The van der Waals surface area contributed by atoms with Crippen LogP contribution in [0.5, 0.6) is 0 Å². The summed E-state index contributed by atoms with van der Waals surface area (Å²) < 4.78 is 0. The van der Waals surface area contributed by atoms with E-state index >= 15 is 0 Å². The third kappa shape index (κ3) is 6.93. The van der Waals surface area contributed by atoms with Gasteiger partial charge in [-0.3, -0.25) is 9.78 Å². The van der Waals surface area contributed by atoms with E-state index in [-0.39, 0.29) is 19.7 Å². The van der Waals surface area contributed by atoms with Crippen molar-refractivity contribution in [3.63, 3.8) is 0 Å². The fourth-order valence-electron chi connectivity index (χ4n) is 2.43. The highest BCUT2D eigenvalue weighted by Crippen LogP contribution is 2.17. The van der Waals surface area contributed by atoms with Gasteiger partial charge in [-0.05, 0) is 60.0 Å². The SMILES string of the molecule is Nc1ccccc1.O.O.O=C(Nc1ccc(S)cc1)c1ccc2ccncc2c1.[HH].[HH]. The zero-order chi connectivity index (χ0) is 19.1. The average Bonchev–Trinajstić information content (AvgIpc) is 2.70. The zero-order valence-electron chi connectivity index (χ0n) is 15.5. The molecule has 7 N–H and O–H groups in total. The molecule has 29 heavy (non-hydrogen) atoms. The van der Waals surface area contributed by atoms with E-state index in [1.165, 1.54) is 0 Å². The molecule has 0 aliphatic heterocycles. The van der Waals surface area contributed by atoms with Gasteiger partial charge >= 0.3 is 0 Å². The smallest absolute Gasteiger partial charge is 0.255 e. The van der Waals surface area contributed by atoms with Crippen LogP contribution >= 0.6 is 12.6 Å². The van der Waals surface area contributed by atoms with Gasteiger partial charge in [0.25, 0.3) is 5.91 Å². The maximum Gasteiger partial charge on any atom is 0.255 e. The topological polar surface area (TPSA) is 131 Å². The molecule has 0 atom stereocenters. The van der Waals surface area contributed by atoms with Crippen LogP contribution < -0.4 is 11.1 Å². The Balaban J connectivity index is 0. The Morgan fingerprint density at radius 1 is 0.897 bits per heavy atom. The highest BCUT2D eigenvalue weighted by atomic mass is 32.1. The molecule has 1 aromatic heterocycles. The molecule has 7 heteroatoms. The number of amides is 1. The molecule has 1 heterocycles. The van der Waals surface area contributed by atoms with Crippen LogP contribution in [0.2, 0.25) is 0 Å². The fraction of sp³-hybridized carbons (Fsp3) is 0. The van der Waals surface area contributed by atoms with Crippen LogP contribution in [-0.2, 0) is 0 Å². The summed E-state index contributed by atoms with van der Waals surface area (Å²) in [5.41, 5.74) is 7.54. The van der Waals surface area contributed by atoms with Crippen molar-refractivity contribution in [2.45, 2.75) is 4.90 Å². The van der Waals surface area contributed by atoms with Crippen LogP contribution in [0.3, 0.4) is 0 Å². The molecular weight excluding hydrogens is 386 g/mol. The molecule has 0 spiro atoms. The minimum atomic E-state index is -0.136. The number of aromatic nitrogens is 1. The van der Waals surface area contributed by atoms with E-state index in [9.17, 15) is 4.79 Å². The number of carbonyl (C=O) groups excluding carboxylic acids is 1. The number of thiol groups is 1. The maximum atomic E-state index is 12.2. The van der Waals surface area contributed by atoms with Crippen LogP contribution in [0, 0.1) is 0 Å². The quantitative estimate of drug-likeness (QED) is 0.340. The minimum absolute atomic E-state index is 0. The van der Waals surface area contributed by atoms with Gasteiger partial charge < -0.3 is 22.0 Å². The number of carbonyl (C=O) groups is 1. The summed E-state index contributed by atoms with van der Waals surface area (Å²) in [6.07, 6.45) is 3.49. The molecular formula is C22H27N3O3S. The summed E-state index contributed by atoms with van der Waals surface area (Å²) in [5, 5.41) is 4.87. The van der Waals surface area contributed by atoms with E-state index in [1.807, 2.05) is 78.9 Å². The summed E-state index contributed by atoms with van der Waals surface area (Å²) >= 11 is 4.21. The number of nitrogens with two attached hydrogens (primary N) is 1. The lowest BCUT2D eigenvalue weighted by molar-refractivity contribution is 0.102. The van der Waals surface area contributed by atoms with Crippen LogP contribution in [0.25, 0.3) is 10.8 Å². The van der Waals surface area contributed by atoms with Crippen molar-refractivity contribution in [2.75, 3.05) is 11.1 Å². The number of pyridine rings is 1. The van der Waals surface area contributed by atoms with E-state index in [4.69, 9.17) is 5.73 Å². The maximum absolute atomic E-state index is 12.2. The first-order valence-corrected chi connectivity index (χ1v) is 8.81. The molecule has 0 bridgehead atoms. The fourth-order valence-corrected chi connectivity index (χ4v) is 2.58. The van der Waals surface area contributed by atoms with Gasteiger partial charge in [0.1, 0.15) is 0 Å². The number of fused-ring (bicyclic) bond motifs is 1. The second-order valence-corrected chi connectivity index (χ2v) is 6.37. The van der Waals surface area contributed by atoms with Crippen molar-refractivity contribution in [2.24, 2.45) is 0 Å². The van der Waals surface area contributed by atoms with E-state index in [0.29, 0.717) is 5.56 Å². The molecule has 0 radical (unpaired) electrons. The van der Waals surface area contributed by atoms with Crippen molar-refractivity contribution < 1.29 is 18.6 Å². The summed E-state index contributed by atoms with van der Waals surface area (Å²) in [6.45, 7) is 0. The molecule has 6 nitrogen and oxygen atoms in total. The summed E-state index contributed by atoms with van der Waals surface area (Å²) in [7, 11) is 0. The van der Waals surface area contributed by atoms with Crippen molar-refractivity contribution in [1.29, 1.82) is 0 Å². The molecule has 4 rings (SSSR count). The van der Waals surface area contributed by atoms with Gasteiger partial charge in [-0.2, -0.15) is 0 Å². The molecule has 1 amide bonds. The second-order valence-electron chi connectivity index (χ2n) is 5.85. The van der Waals surface area contributed by atoms with Crippen molar-refractivity contribution in [3.8, 4) is 0 Å². The summed E-state index contributed by atoms with van der Waals surface area (Å²) in [6, 6.07) is 24.3. The number of hydrogen-bond donors (Lipinski definition) is 3. The Bertz CT molecular complexity index is 1050. The standard InChI is InChI=1S/C16H12N2OS.C6H7N.2H2O.2H2/c19-16(18-14-3-5-15(20)6-4-14)12-2-1-11-7-8-17-10-13(11)9-12;7-6-4-2-1-3-5-6;;;;/h1-10,20H,(H,18,19);1-5H,7H2;2*1H2;2*1H. The van der Waals surface area contributed by atoms with Gasteiger partial charge in [-0.15, -0.1) is 12.6 Å². The van der Waals surface area contributed by atoms with Crippen LogP contribution in [0.15, 0.2) is 96.2 Å². The lowest BCUT2D eigenvalue weighted by atomic mass is 10.1. The summed E-state index contributed by atoms with van der Waals surface area (Å²) in [5.74, 6) is -0.136. The predicted molar refractivity (Wildman–Crippen MR) is 126 cm³/mol. The number of para-hydroxylation sites is 1. The lowest BCUT2D eigenvalue weighted by Gasteiger charge is -2.06. The zero-order valence-corrected chi connectivity index (χ0v) is 16.4. The minimum Gasteiger partial charge on any atom is -0.412 e. The van der Waals surface area contributed by atoms with Gasteiger partial charge in [0.15, 0.2) is 0 Å². The molecule has 3 aromatic carbocycles. The van der Waals surface area contributed by atoms with Gasteiger partial charge in [-0.1, -0.05) is 24.3 Å². The molecule has 4 aromatic rings. The van der Waals surface area contributed by atoms with Crippen LogP contribution in [0.4, 0.5) is 11.4 Å². The molecule has 0 saturated carbocycles. The number of hydrogen-bond acceptors (Lipinski definition) is 4. The number of nitrogens with zero attached hydrogens (tertiary/aromatic N) is 1. The second kappa shape index (κ2) is 11.5. The number of anilines is 2. The van der Waals surface area contributed by atoms with E-state index in [0.717, 1.165) is 27.0 Å². The number of rotatable bonds is 2. The number of benzene rings is 3. The third-order valence-corrected chi connectivity index (χ3v) is 4.13. The Hall–Kier alpha value is -3.39. The number of nitrogen functional groups attached to an aromatic ring is 1. The van der Waals surface area contributed by atoms with E-state index in [2.05, 4.69) is 22.9 Å². The highest BCUT2D eigenvalue weighted by molar-refractivity contribution is 7.80. The van der Waals surface area contributed by atoms with Crippen LogP contribution in [0.1, 0.15) is 13.2 Å². The Morgan fingerprint density at radius 2 is 1.59 bits per heavy atom. The summed E-state index contributed by atoms with van der Waals surface area (Å²) in [4.78, 5) is 17.1. The molecule has 0 saturated heterocycles. The first kappa shape index (κ1) is 23.6. The molecule has 0 unspecified atom stereocenters. The monoisotopic (exact) mass is 413 g/mol. The normalized spacial score (nSPS) is 9.28. The van der Waals surface area contributed by atoms with Crippen molar-refractivity contribution in [1.82, 2.24) is 4.98 Å². The molecule has 0 aliphatic rings. The van der Waals surface area contributed by atoms with Gasteiger partial charge in [0.05, 0.1) is 0 Å². The molecule has 0 aliphatic carbocycles. The lowest BCUT2D eigenvalue weighted by Crippen LogP contribution is -2.11. The van der Waals surface area contributed by atoms with Crippen LogP contribution in [-0.4, -0.2) is 21.8 Å². The third-order valence-electron chi connectivity index (χ3n) is 3.83. The molecule has 0 fully saturated rings. The van der Waals surface area contributed by atoms with Gasteiger partial charge in [0.2, 0.25) is 0 Å². The number of nitrogens with one attached hydrogen (secondary N) is 1. The van der Waals surface area contributed by atoms with Crippen molar-refractivity contribution in [3.05, 3.63) is 96.8 Å². The molecule has 154 valence electrons. The van der Waals surface area contributed by atoms with Gasteiger partial charge in [-0.25, -0.2) is 0 Å².